The van der Waals surface area contributed by atoms with Gasteiger partial charge < -0.3 is 9.64 Å². The maximum atomic E-state index is 12.4. The Kier molecular flexibility index (Phi) is 5.56. The number of amides is 1. The molecule has 0 N–H and O–H groups in total. The summed E-state index contributed by atoms with van der Waals surface area (Å²) in [7, 11) is -1.05. The molecule has 1 aromatic rings. The molecule has 122 valence electrons. The molecule has 6 heteroatoms. The van der Waals surface area contributed by atoms with Gasteiger partial charge in [0, 0.05) is 36.1 Å². The fourth-order valence-electron chi connectivity index (χ4n) is 2.49. The Morgan fingerprint density at radius 1 is 1.41 bits per heavy atom. The maximum Gasteiger partial charge on any atom is 0.410 e. The lowest BCUT2D eigenvalue weighted by Gasteiger charge is -2.34. The summed E-state index contributed by atoms with van der Waals surface area (Å²) in [5.41, 5.74) is -0.482. The van der Waals surface area contributed by atoms with E-state index < -0.39 is 16.4 Å². The van der Waals surface area contributed by atoms with E-state index in [2.05, 4.69) is 4.98 Å². The number of aromatic nitrogens is 1. The molecule has 1 aliphatic rings. The van der Waals surface area contributed by atoms with Gasteiger partial charge in [-0.15, -0.1) is 0 Å². The van der Waals surface area contributed by atoms with Crippen LogP contribution in [0.25, 0.3) is 0 Å². The van der Waals surface area contributed by atoms with Gasteiger partial charge in [-0.3, -0.25) is 9.19 Å². The van der Waals surface area contributed by atoms with E-state index in [-0.39, 0.29) is 12.0 Å². The number of carbonyl (C=O) groups excluding carboxylic acids is 1. The van der Waals surface area contributed by atoms with Crippen LogP contribution in [-0.4, -0.2) is 44.6 Å². The van der Waals surface area contributed by atoms with Crippen molar-refractivity contribution in [3.05, 3.63) is 24.5 Å². The van der Waals surface area contributed by atoms with Crippen LogP contribution in [-0.2, 0) is 15.5 Å². The maximum absolute atomic E-state index is 12.4. The monoisotopic (exact) mass is 324 g/mol. The van der Waals surface area contributed by atoms with Crippen LogP contribution in [0, 0.1) is 5.92 Å². The van der Waals surface area contributed by atoms with Gasteiger partial charge in [-0.25, -0.2) is 4.79 Å². The average Bonchev–Trinajstić information content (AvgIpc) is 2.46. The van der Waals surface area contributed by atoms with E-state index in [4.69, 9.17) is 4.74 Å². The van der Waals surface area contributed by atoms with Crippen LogP contribution >= 0.6 is 0 Å². The van der Waals surface area contributed by atoms with E-state index in [1.807, 2.05) is 20.8 Å². The zero-order chi connectivity index (χ0) is 16.2. The number of hydrogen-bond donors (Lipinski definition) is 0. The van der Waals surface area contributed by atoms with Crippen LogP contribution in [0.5, 0.6) is 0 Å². The van der Waals surface area contributed by atoms with Crippen molar-refractivity contribution in [1.29, 1.82) is 0 Å². The molecular formula is C16H24N2O3S. The van der Waals surface area contributed by atoms with Crippen LogP contribution in [0.2, 0.25) is 0 Å². The summed E-state index contributed by atoms with van der Waals surface area (Å²) in [5.74, 6) is 0.818. The van der Waals surface area contributed by atoms with Gasteiger partial charge in [0.2, 0.25) is 0 Å². The summed E-state index contributed by atoms with van der Waals surface area (Å²) in [6.45, 7) is 6.93. The van der Waals surface area contributed by atoms with Gasteiger partial charge in [-0.05, 0) is 51.7 Å². The fourth-order valence-corrected chi connectivity index (χ4v) is 3.81. The number of rotatable bonds is 3. The molecule has 1 aliphatic heterocycles. The van der Waals surface area contributed by atoms with Crippen LogP contribution in [0.15, 0.2) is 29.4 Å². The zero-order valence-corrected chi connectivity index (χ0v) is 14.3. The topological polar surface area (TPSA) is 59.5 Å². The molecule has 2 atom stereocenters. The lowest BCUT2D eigenvalue weighted by Crippen LogP contribution is -2.43. The minimum Gasteiger partial charge on any atom is -0.444 e. The molecule has 22 heavy (non-hydrogen) atoms. The molecule has 1 saturated heterocycles. The minimum atomic E-state index is -1.05. The summed E-state index contributed by atoms with van der Waals surface area (Å²) in [5, 5.41) is 0. The molecule has 0 bridgehead atoms. The summed E-state index contributed by atoms with van der Waals surface area (Å²) in [4.78, 5) is 18.6. The first-order valence-electron chi connectivity index (χ1n) is 7.61. The molecule has 5 nitrogen and oxygen atoms in total. The second kappa shape index (κ2) is 7.22. The molecule has 2 rings (SSSR count). The summed E-state index contributed by atoms with van der Waals surface area (Å²) < 4.78 is 17.8. The van der Waals surface area contributed by atoms with Crippen molar-refractivity contribution in [3.63, 3.8) is 0 Å². The van der Waals surface area contributed by atoms with Gasteiger partial charge in [0.05, 0.1) is 10.8 Å². The first-order valence-corrected chi connectivity index (χ1v) is 8.93. The van der Waals surface area contributed by atoms with Crippen molar-refractivity contribution >= 4 is 16.9 Å². The Morgan fingerprint density at radius 3 is 2.73 bits per heavy atom. The van der Waals surface area contributed by atoms with Crippen molar-refractivity contribution in [3.8, 4) is 0 Å². The lowest BCUT2D eigenvalue weighted by molar-refractivity contribution is 0.0176. The fraction of sp³-hybridized carbons (Fsp3) is 0.625. The molecule has 0 aliphatic carbocycles. The van der Waals surface area contributed by atoms with Gasteiger partial charge in [0.15, 0.2) is 0 Å². The van der Waals surface area contributed by atoms with Crippen LogP contribution in [0.3, 0.4) is 0 Å². The van der Waals surface area contributed by atoms with Gasteiger partial charge in [-0.2, -0.15) is 0 Å². The second-order valence-electron chi connectivity index (χ2n) is 6.63. The largest absolute Gasteiger partial charge is 0.444 e. The SMILES string of the molecule is CC(C)(C)OC(=O)N1CCCC(CS(=O)c2ccncc2)C1. The predicted octanol–water partition coefficient (Wildman–Crippen LogP) is 2.84. The Balaban J connectivity index is 1.91. The Bertz CT molecular complexity index is 528. The highest BCUT2D eigenvalue weighted by Crippen LogP contribution is 2.21. The average molecular weight is 324 g/mol. The Labute approximate surface area is 134 Å². The molecule has 1 aromatic heterocycles. The first-order chi connectivity index (χ1) is 10.3. The highest BCUT2D eigenvalue weighted by molar-refractivity contribution is 7.85. The number of carbonyl (C=O) groups is 1. The number of nitrogens with zero attached hydrogens (tertiary/aromatic N) is 2. The van der Waals surface area contributed by atoms with Gasteiger partial charge in [0.25, 0.3) is 0 Å². The van der Waals surface area contributed by atoms with Crippen molar-refractivity contribution in [2.45, 2.75) is 44.1 Å². The third-order valence-electron chi connectivity index (χ3n) is 3.47. The number of pyridine rings is 1. The zero-order valence-electron chi connectivity index (χ0n) is 13.4. The predicted molar refractivity (Wildman–Crippen MR) is 86.0 cm³/mol. The molecule has 2 unspecified atom stereocenters. The minimum absolute atomic E-state index is 0.246. The van der Waals surface area contributed by atoms with Gasteiger partial charge in [0.1, 0.15) is 5.60 Å². The highest BCUT2D eigenvalue weighted by atomic mass is 32.2. The smallest absolute Gasteiger partial charge is 0.410 e. The molecule has 0 radical (unpaired) electrons. The first kappa shape index (κ1) is 16.9. The van der Waals surface area contributed by atoms with Crippen LogP contribution in [0.4, 0.5) is 4.79 Å². The molecule has 1 amide bonds. The Morgan fingerprint density at radius 2 is 2.09 bits per heavy atom. The summed E-state index contributed by atoms with van der Waals surface area (Å²) in [6.07, 6.45) is 4.96. The van der Waals surface area contributed by atoms with E-state index in [1.165, 1.54) is 0 Å². The molecule has 0 saturated carbocycles. The van der Waals surface area contributed by atoms with Crippen LogP contribution < -0.4 is 0 Å². The number of ether oxygens (including phenoxy) is 1. The Hall–Kier alpha value is -1.43. The van der Waals surface area contributed by atoms with Gasteiger partial charge >= 0.3 is 6.09 Å². The third kappa shape index (κ3) is 5.09. The number of hydrogen-bond acceptors (Lipinski definition) is 4. The lowest BCUT2D eigenvalue weighted by atomic mass is 10.0. The molecule has 0 spiro atoms. The van der Waals surface area contributed by atoms with Crippen LogP contribution in [0.1, 0.15) is 33.6 Å². The standard InChI is InChI=1S/C16H24N2O3S/c1-16(2,3)21-15(19)18-10-4-5-13(11-18)12-22(20)14-6-8-17-9-7-14/h6-9,13H,4-5,10-12H2,1-3H3. The van der Waals surface area contributed by atoms with Crippen molar-refractivity contribution < 1.29 is 13.7 Å². The molecule has 2 heterocycles. The quantitative estimate of drug-likeness (QED) is 0.858. The normalized spacial score (nSPS) is 20.5. The number of likely N-dealkylation sites (tertiary alicyclic amines) is 1. The highest BCUT2D eigenvalue weighted by Gasteiger charge is 2.28. The van der Waals surface area contributed by atoms with Crippen molar-refractivity contribution in [1.82, 2.24) is 9.88 Å². The summed E-state index contributed by atoms with van der Waals surface area (Å²) in [6, 6.07) is 3.56. The van der Waals surface area contributed by atoms with E-state index >= 15 is 0 Å². The van der Waals surface area contributed by atoms with Crippen molar-refractivity contribution in [2.75, 3.05) is 18.8 Å². The number of piperidine rings is 1. The summed E-state index contributed by atoms with van der Waals surface area (Å²) >= 11 is 0. The third-order valence-corrected chi connectivity index (χ3v) is 5.04. The second-order valence-corrected chi connectivity index (χ2v) is 8.13. The molecule has 1 fully saturated rings. The van der Waals surface area contributed by atoms with E-state index in [9.17, 15) is 9.00 Å². The van der Waals surface area contributed by atoms with Gasteiger partial charge in [-0.1, -0.05) is 0 Å². The van der Waals surface area contributed by atoms with E-state index in [0.717, 1.165) is 17.7 Å². The van der Waals surface area contributed by atoms with E-state index in [1.54, 1.807) is 29.4 Å². The van der Waals surface area contributed by atoms with Crippen molar-refractivity contribution in [2.24, 2.45) is 5.92 Å². The molecule has 0 aromatic carbocycles. The van der Waals surface area contributed by atoms with E-state index in [0.29, 0.717) is 18.8 Å². The molecular weight excluding hydrogens is 300 g/mol.